The van der Waals surface area contributed by atoms with Crippen molar-refractivity contribution in [3.05, 3.63) is 42.5 Å². The zero-order valence-corrected chi connectivity index (χ0v) is 18.8. The second-order valence-electron chi connectivity index (χ2n) is 8.78. The van der Waals surface area contributed by atoms with Gasteiger partial charge in [0.25, 0.3) is 0 Å². The van der Waals surface area contributed by atoms with Crippen molar-refractivity contribution in [2.75, 3.05) is 0 Å². The number of nitrogens with one attached hydrogen (secondary N) is 1. The molecule has 1 atom stereocenters. The Kier molecular flexibility index (Phi) is 6.83. The molecule has 1 N–H and O–H groups in total. The molecule has 0 aliphatic heterocycles. The van der Waals surface area contributed by atoms with E-state index >= 15 is 0 Å². The van der Waals surface area contributed by atoms with E-state index < -0.39 is 0 Å². The number of thioether (sulfide) groups is 1. The van der Waals surface area contributed by atoms with Crippen LogP contribution in [0.25, 0.3) is 11.4 Å². The van der Waals surface area contributed by atoms with Crippen molar-refractivity contribution in [1.82, 2.24) is 20.1 Å². The van der Waals surface area contributed by atoms with Gasteiger partial charge in [-0.1, -0.05) is 75.7 Å². The van der Waals surface area contributed by atoms with Crippen LogP contribution in [0.15, 0.2) is 42.1 Å². The lowest BCUT2D eigenvalue weighted by atomic mass is 9.87. The number of benzene rings is 1. The molecule has 1 aromatic heterocycles. The summed E-state index contributed by atoms with van der Waals surface area (Å²) in [5, 5.41) is 12.5. The van der Waals surface area contributed by atoms with E-state index in [0.717, 1.165) is 29.4 Å². The van der Waals surface area contributed by atoms with Gasteiger partial charge >= 0.3 is 0 Å². The van der Waals surface area contributed by atoms with Crippen LogP contribution in [0.5, 0.6) is 0 Å². The number of rotatable bonds is 7. The Morgan fingerprint density at radius 2 is 1.93 bits per heavy atom. The molecule has 0 unspecified atom stereocenters. The highest BCUT2D eigenvalue weighted by Crippen LogP contribution is 2.29. The first-order valence-electron chi connectivity index (χ1n) is 10.4. The van der Waals surface area contributed by atoms with Gasteiger partial charge in [0.2, 0.25) is 5.91 Å². The van der Waals surface area contributed by atoms with Crippen molar-refractivity contribution in [2.45, 2.75) is 81.8 Å². The van der Waals surface area contributed by atoms with E-state index in [4.69, 9.17) is 0 Å². The first-order chi connectivity index (χ1) is 13.8. The van der Waals surface area contributed by atoms with Gasteiger partial charge in [-0.25, -0.2) is 0 Å². The summed E-state index contributed by atoms with van der Waals surface area (Å²) in [6, 6.07) is 8.80. The average molecular weight is 413 g/mol. The quantitative estimate of drug-likeness (QED) is 0.515. The Morgan fingerprint density at radius 3 is 2.52 bits per heavy atom. The van der Waals surface area contributed by atoms with E-state index in [9.17, 15) is 4.79 Å². The first-order valence-corrected chi connectivity index (χ1v) is 11.3. The molecule has 0 bridgehead atoms. The van der Waals surface area contributed by atoms with Gasteiger partial charge in [-0.3, -0.25) is 9.36 Å². The summed E-state index contributed by atoms with van der Waals surface area (Å²) in [5.41, 5.74) is 2.40. The minimum absolute atomic E-state index is 0.0751. The van der Waals surface area contributed by atoms with Gasteiger partial charge in [-0.05, 0) is 30.7 Å². The summed E-state index contributed by atoms with van der Waals surface area (Å²) < 4.78 is 2.03. The number of aromatic nitrogens is 3. The standard InChI is InChI=1S/C23H32N4OS/c1-6-15-27-20(17-11-13-18(14-12-17)23(3,4)5)25-26-22(27)29-16(2)21(28)24-19-9-7-8-10-19/h6,11-14,16,19H,1,7-10,15H2,2-5H3,(H,24,28)/t16-/m0/s1. The Balaban J connectivity index is 1.77. The minimum Gasteiger partial charge on any atom is -0.352 e. The Labute approximate surface area is 178 Å². The topological polar surface area (TPSA) is 59.8 Å². The molecule has 2 aromatic rings. The number of amides is 1. The van der Waals surface area contributed by atoms with Gasteiger partial charge in [0.15, 0.2) is 11.0 Å². The number of allylic oxidation sites excluding steroid dienone is 1. The van der Waals surface area contributed by atoms with Crippen molar-refractivity contribution in [1.29, 1.82) is 0 Å². The number of hydrogen-bond donors (Lipinski definition) is 1. The van der Waals surface area contributed by atoms with Gasteiger partial charge < -0.3 is 5.32 Å². The molecule has 29 heavy (non-hydrogen) atoms. The fourth-order valence-electron chi connectivity index (χ4n) is 3.60. The predicted octanol–water partition coefficient (Wildman–Crippen LogP) is 4.97. The van der Waals surface area contributed by atoms with Crippen molar-refractivity contribution in [2.24, 2.45) is 0 Å². The summed E-state index contributed by atoms with van der Waals surface area (Å²) in [5.74, 6) is 0.877. The molecule has 3 rings (SSSR count). The van der Waals surface area contributed by atoms with Crippen molar-refractivity contribution in [3.63, 3.8) is 0 Å². The highest BCUT2D eigenvalue weighted by molar-refractivity contribution is 8.00. The molecule has 0 saturated heterocycles. The molecule has 6 heteroatoms. The predicted molar refractivity (Wildman–Crippen MR) is 120 cm³/mol. The lowest BCUT2D eigenvalue weighted by Gasteiger charge is -2.19. The highest BCUT2D eigenvalue weighted by atomic mass is 32.2. The maximum absolute atomic E-state index is 12.6. The zero-order chi connectivity index (χ0) is 21.0. The van der Waals surface area contributed by atoms with E-state index in [-0.39, 0.29) is 16.6 Å². The van der Waals surface area contributed by atoms with Crippen molar-refractivity contribution >= 4 is 17.7 Å². The van der Waals surface area contributed by atoms with Crippen LogP contribution in [-0.2, 0) is 16.8 Å². The summed E-state index contributed by atoms with van der Waals surface area (Å²) in [4.78, 5) is 12.6. The molecule has 1 aliphatic rings. The van der Waals surface area contributed by atoms with E-state index in [1.54, 1.807) is 0 Å². The maximum Gasteiger partial charge on any atom is 0.233 e. The van der Waals surface area contributed by atoms with Gasteiger partial charge in [0.1, 0.15) is 0 Å². The van der Waals surface area contributed by atoms with E-state index in [2.05, 4.69) is 67.1 Å². The summed E-state index contributed by atoms with van der Waals surface area (Å²) >= 11 is 1.45. The van der Waals surface area contributed by atoms with Crippen LogP contribution in [0, 0.1) is 0 Å². The van der Waals surface area contributed by atoms with E-state index in [1.165, 1.54) is 30.2 Å². The first kappa shape index (κ1) is 21.6. The third-order valence-electron chi connectivity index (χ3n) is 5.39. The summed E-state index contributed by atoms with van der Waals surface area (Å²) in [7, 11) is 0. The van der Waals surface area contributed by atoms with Crippen LogP contribution >= 0.6 is 11.8 Å². The number of carbonyl (C=O) groups excluding carboxylic acids is 1. The third-order valence-corrected chi connectivity index (χ3v) is 6.47. The SMILES string of the molecule is C=CCn1c(S[C@@H](C)C(=O)NC2CCCC2)nnc1-c1ccc(C(C)(C)C)cc1. The molecule has 1 aromatic carbocycles. The lowest BCUT2D eigenvalue weighted by molar-refractivity contribution is -0.120. The van der Waals surface area contributed by atoms with E-state index in [0.29, 0.717) is 12.6 Å². The third kappa shape index (κ3) is 5.30. The lowest BCUT2D eigenvalue weighted by Crippen LogP contribution is -2.37. The van der Waals surface area contributed by atoms with Gasteiger partial charge in [-0.15, -0.1) is 16.8 Å². The zero-order valence-electron chi connectivity index (χ0n) is 17.9. The number of carbonyl (C=O) groups is 1. The maximum atomic E-state index is 12.6. The molecule has 1 fully saturated rings. The van der Waals surface area contributed by atoms with Crippen LogP contribution in [0.3, 0.4) is 0 Å². The summed E-state index contributed by atoms with van der Waals surface area (Å²) in [6.07, 6.45) is 6.42. The van der Waals surface area contributed by atoms with Crippen LogP contribution in [0.1, 0.15) is 58.9 Å². The number of nitrogens with zero attached hydrogens (tertiary/aromatic N) is 3. The normalized spacial score (nSPS) is 16.0. The molecule has 0 spiro atoms. The molecule has 5 nitrogen and oxygen atoms in total. The monoisotopic (exact) mass is 412 g/mol. The Morgan fingerprint density at radius 1 is 1.28 bits per heavy atom. The van der Waals surface area contributed by atoms with Crippen LogP contribution < -0.4 is 5.32 Å². The second kappa shape index (κ2) is 9.16. The van der Waals surface area contributed by atoms with E-state index in [1.807, 2.05) is 17.6 Å². The highest BCUT2D eigenvalue weighted by Gasteiger charge is 2.24. The number of hydrogen-bond acceptors (Lipinski definition) is 4. The Hall–Kier alpha value is -2.08. The smallest absolute Gasteiger partial charge is 0.233 e. The fraction of sp³-hybridized carbons (Fsp3) is 0.522. The molecule has 1 amide bonds. The molecule has 1 saturated carbocycles. The molecule has 0 radical (unpaired) electrons. The molecule has 1 aliphatic carbocycles. The van der Waals surface area contributed by atoms with Gasteiger partial charge in [0.05, 0.1) is 5.25 Å². The van der Waals surface area contributed by atoms with Crippen molar-refractivity contribution < 1.29 is 4.79 Å². The van der Waals surface area contributed by atoms with Gasteiger partial charge in [0, 0.05) is 18.2 Å². The average Bonchev–Trinajstić information content (AvgIpc) is 3.32. The fourth-order valence-corrected chi connectivity index (χ4v) is 4.47. The van der Waals surface area contributed by atoms with Crippen LogP contribution in [0.4, 0.5) is 0 Å². The van der Waals surface area contributed by atoms with Gasteiger partial charge in [-0.2, -0.15) is 0 Å². The summed E-state index contributed by atoms with van der Waals surface area (Å²) in [6.45, 7) is 13.0. The molecular formula is C23H32N4OS. The van der Waals surface area contributed by atoms with Crippen molar-refractivity contribution in [3.8, 4) is 11.4 Å². The second-order valence-corrected chi connectivity index (χ2v) is 10.1. The van der Waals surface area contributed by atoms with Crippen LogP contribution in [0.2, 0.25) is 0 Å². The largest absolute Gasteiger partial charge is 0.352 e. The van der Waals surface area contributed by atoms with Crippen LogP contribution in [-0.4, -0.2) is 32.0 Å². The molecule has 1 heterocycles. The molecule has 156 valence electrons. The Bertz CT molecular complexity index is 845. The minimum atomic E-state index is -0.223. The molecular weight excluding hydrogens is 380 g/mol.